The van der Waals surface area contributed by atoms with Gasteiger partial charge in [-0.25, -0.2) is 0 Å². The molecule has 1 amide bonds. The van der Waals surface area contributed by atoms with Crippen LogP contribution in [0.4, 0.5) is 0 Å². The lowest BCUT2D eigenvalue weighted by atomic mass is 10.1. The van der Waals surface area contributed by atoms with E-state index in [4.69, 9.17) is 0 Å². The van der Waals surface area contributed by atoms with Gasteiger partial charge in [0, 0.05) is 25.0 Å². The van der Waals surface area contributed by atoms with E-state index >= 15 is 0 Å². The van der Waals surface area contributed by atoms with Gasteiger partial charge in [0.25, 0.3) is 0 Å². The molecule has 0 bridgehead atoms. The highest BCUT2D eigenvalue weighted by molar-refractivity contribution is 5.79. The number of amides is 1. The standard InChI is InChI=1S/C13H24N2O/c1-10(2)15-9-12(7-13(15)16)14-8-11-5-3-4-6-11/h10-12,14H,3-9H2,1-2H3. The summed E-state index contributed by atoms with van der Waals surface area (Å²) >= 11 is 0. The Labute approximate surface area is 98.6 Å². The van der Waals surface area contributed by atoms with E-state index in [0.29, 0.717) is 24.4 Å². The smallest absolute Gasteiger partial charge is 0.224 e. The van der Waals surface area contributed by atoms with Gasteiger partial charge in [-0.3, -0.25) is 4.79 Å². The highest BCUT2D eigenvalue weighted by Gasteiger charge is 2.31. The van der Waals surface area contributed by atoms with Crippen LogP contribution < -0.4 is 5.32 Å². The van der Waals surface area contributed by atoms with Crippen LogP contribution in [-0.2, 0) is 4.79 Å². The molecule has 1 unspecified atom stereocenters. The lowest BCUT2D eigenvalue weighted by Gasteiger charge is -2.21. The summed E-state index contributed by atoms with van der Waals surface area (Å²) in [7, 11) is 0. The Bertz CT molecular complexity index is 246. The molecular formula is C13H24N2O. The van der Waals surface area contributed by atoms with Gasteiger partial charge in [0.1, 0.15) is 0 Å². The first-order valence-corrected chi connectivity index (χ1v) is 6.69. The minimum absolute atomic E-state index is 0.318. The molecule has 1 aliphatic carbocycles. The predicted molar refractivity (Wildman–Crippen MR) is 65.2 cm³/mol. The van der Waals surface area contributed by atoms with Crippen molar-refractivity contribution in [1.29, 1.82) is 0 Å². The number of carbonyl (C=O) groups is 1. The van der Waals surface area contributed by atoms with Crippen molar-refractivity contribution in [2.24, 2.45) is 5.92 Å². The highest BCUT2D eigenvalue weighted by atomic mass is 16.2. The van der Waals surface area contributed by atoms with E-state index in [0.717, 1.165) is 19.0 Å². The van der Waals surface area contributed by atoms with Crippen molar-refractivity contribution >= 4 is 5.91 Å². The molecule has 1 N–H and O–H groups in total. The first-order valence-electron chi connectivity index (χ1n) is 6.69. The fourth-order valence-electron chi connectivity index (χ4n) is 2.92. The predicted octanol–water partition coefficient (Wildman–Crippen LogP) is 1.78. The summed E-state index contributed by atoms with van der Waals surface area (Å²) in [4.78, 5) is 13.7. The molecule has 0 aromatic carbocycles. The van der Waals surface area contributed by atoms with Crippen molar-refractivity contribution in [1.82, 2.24) is 10.2 Å². The first-order chi connectivity index (χ1) is 7.66. The zero-order chi connectivity index (χ0) is 11.5. The third kappa shape index (κ3) is 2.76. The van der Waals surface area contributed by atoms with Crippen LogP contribution in [0.25, 0.3) is 0 Å². The van der Waals surface area contributed by atoms with E-state index in [2.05, 4.69) is 19.2 Å². The topological polar surface area (TPSA) is 32.3 Å². The molecule has 0 aromatic heterocycles. The van der Waals surface area contributed by atoms with Crippen LogP contribution in [0.2, 0.25) is 0 Å². The number of hydrogen-bond donors (Lipinski definition) is 1. The van der Waals surface area contributed by atoms with Gasteiger partial charge in [-0.1, -0.05) is 12.8 Å². The molecule has 1 aliphatic heterocycles. The number of hydrogen-bond acceptors (Lipinski definition) is 2. The lowest BCUT2D eigenvalue weighted by Crippen LogP contribution is -2.37. The molecule has 2 fully saturated rings. The van der Waals surface area contributed by atoms with Crippen LogP contribution in [-0.4, -0.2) is 36.0 Å². The average molecular weight is 224 g/mol. The molecule has 3 heteroatoms. The minimum Gasteiger partial charge on any atom is -0.339 e. The second kappa shape index (κ2) is 5.17. The third-order valence-electron chi connectivity index (χ3n) is 3.95. The summed E-state index contributed by atoms with van der Waals surface area (Å²) in [6, 6.07) is 0.751. The van der Waals surface area contributed by atoms with Crippen molar-refractivity contribution in [2.45, 2.75) is 58.0 Å². The molecule has 1 heterocycles. The summed E-state index contributed by atoms with van der Waals surface area (Å²) in [5.41, 5.74) is 0. The average Bonchev–Trinajstić information content (AvgIpc) is 2.83. The maximum atomic E-state index is 11.7. The van der Waals surface area contributed by atoms with Crippen LogP contribution in [0.1, 0.15) is 46.0 Å². The van der Waals surface area contributed by atoms with Crippen molar-refractivity contribution in [3.8, 4) is 0 Å². The maximum absolute atomic E-state index is 11.7. The van der Waals surface area contributed by atoms with Gasteiger partial charge in [0.2, 0.25) is 5.91 Å². The zero-order valence-electron chi connectivity index (χ0n) is 10.5. The molecule has 0 aromatic rings. The summed E-state index contributed by atoms with van der Waals surface area (Å²) < 4.78 is 0. The fraction of sp³-hybridized carbons (Fsp3) is 0.923. The number of likely N-dealkylation sites (tertiary alicyclic amines) is 1. The Morgan fingerprint density at radius 1 is 1.38 bits per heavy atom. The van der Waals surface area contributed by atoms with Gasteiger partial charge >= 0.3 is 0 Å². The van der Waals surface area contributed by atoms with Crippen molar-refractivity contribution < 1.29 is 4.79 Å². The largest absolute Gasteiger partial charge is 0.339 e. The van der Waals surface area contributed by atoms with Crippen molar-refractivity contribution in [3.05, 3.63) is 0 Å². The summed E-state index contributed by atoms with van der Waals surface area (Å²) in [5.74, 6) is 1.18. The Morgan fingerprint density at radius 3 is 2.62 bits per heavy atom. The van der Waals surface area contributed by atoms with E-state index in [9.17, 15) is 4.79 Å². The lowest BCUT2D eigenvalue weighted by molar-refractivity contribution is -0.129. The molecule has 1 saturated heterocycles. The number of rotatable bonds is 4. The van der Waals surface area contributed by atoms with Crippen LogP contribution >= 0.6 is 0 Å². The summed E-state index contributed by atoms with van der Waals surface area (Å²) in [6.45, 7) is 6.21. The van der Waals surface area contributed by atoms with E-state index in [1.807, 2.05) is 4.90 Å². The molecule has 0 radical (unpaired) electrons. The fourth-order valence-corrected chi connectivity index (χ4v) is 2.92. The van der Waals surface area contributed by atoms with E-state index < -0.39 is 0 Å². The Kier molecular flexibility index (Phi) is 3.85. The number of nitrogens with one attached hydrogen (secondary N) is 1. The molecule has 16 heavy (non-hydrogen) atoms. The van der Waals surface area contributed by atoms with Crippen molar-refractivity contribution in [3.63, 3.8) is 0 Å². The monoisotopic (exact) mass is 224 g/mol. The van der Waals surface area contributed by atoms with Gasteiger partial charge in [-0.05, 0) is 39.2 Å². The Balaban J connectivity index is 1.73. The molecule has 2 aliphatic rings. The van der Waals surface area contributed by atoms with E-state index in [-0.39, 0.29) is 0 Å². The van der Waals surface area contributed by atoms with Crippen molar-refractivity contribution in [2.75, 3.05) is 13.1 Å². The van der Waals surface area contributed by atoms with Crippen LogP contribution in [0.5, 0.6) is 0 Å². The minimum atomic E-state index is 0.318. The molecule has 2 rings (SSSR count). The van der Waals surface area contributed by atoms with Gasteiger partial charge in [-0.15, -0.1) is 0 Å². The molecule has 1 atom stereocenters. The van der Waals surface area contributed by atoms with Gasteiger partial charge < -0.3 is 10.2 Å². The van der Waals surface area contributed by atoms with Gasteiger partial charge in [-0.2, -0.15) is 0 Å². The second-order valence-corrected chi connectivity index (χ2v) is 5.60. The quantitative estimate of drug-likeness (QED) is 0.789. The van der Waals surface area contributed by atoms with E-state index in [1.54, 1.807) is 0 Å². The zero-order valence-corrected chi connectivity index (χ0v) is 10.5. The van der Waals surface area contributed by atoms with Gasteiger partial charge in [0.05, 0.1) is 0 Å². The molecule has 1 saturated carbocycles. The molecule has 0 spiro atoms. The van der Waals surface area contributed by atoms with E-state index in [1.165, 1.54) is 25.7 Å². The first kappa shape index (κ1) is 11.9. The molecule has 3 nitrogen and oxygen atoms in total. The van der Waals surface area contributed by atoms with Gasteiger partial charge in [0.15, 0.2) is 0 Å². The van der Waals surface area contributed by atoms with Crippen LogP contribution in [0, 0.1) is 5.92 Å². The van der Waals surface area contributed by atoms with Crippen LogP contribution in [0.3, 0.4) is 0 Å². The third-order valence-corrected chi connectivity index (χ3v) is 3.95. The van der Waals surface area contributed by atoms with Crippen LogP contribution in [0.15, 0.2) is 0 Å². The Morgan fingerprint density at radius 2 is 2.06 bits per heavy atom. The highest BCUT2D eigenvalue weighted by Crippen LogP contribution is 2.24. The summed E-state index contributed by atoms with van der Waals surface area (Å²) in [6.07, 6.45) is 6.25. The SMILES string of the molecule is CC(C)N1CC(NCC2CCCC2)CC1=O. The number of carbonyl (C=O) groups excluding carboxylic acids is 1. The number of nitrogens with zero attached hydrogens (tertiary/aromatic N) is 1. The summed E-state index contributed by atoms with van der Waals surface area (Å²) in [5, 5.41) is 3.58. The normalized spacial score (nSPS) is 27.3. The maximum Gasteiger partial charge on any atom is 0.224 e. The molecular weight excluding hydrogens is 200 g/mol. The molecule has 92 valence electrons. The Hall–Kier alpha value is -0.570. The second-order valence-electron chi connectivity index (χ2n) is 5.60.